The molecule has 1 heterocycles. The van der Waals surface area contributed by atoms with E-state index in [1.165, 1.54) is 16.6 Å². The number of rotatable bonds is 11. The Balaban J connectivity index is 1.55. The molecule has 5 heteroatoms. The van der Waals surface area contributed by atoms with Gasteiger partial charge in [-0.05, 0) is 68.5 Å². The van der Waals surface area contributed by atoms with Crippen molar-refractivity contribution in [2.24, 2.45) is 0 Å². The number of benzene rings is 2. The van der Waals surface area contributed by atoms with Crippen molar-refractivity contribution in [2.45, 2.75) is 46.1 Å². The number of imidazole rings is 1. The highest BCUT2D eigenvalue weighted by molar-refractivity contribution is 5.75. The van der Waals surface area contributed by atoms with Gasteiger partial charge in [0.2, 0.25) is 6.41 Å². The van der Waals surface area contributed by atoms with Crippen LogP contribution in [-0.2, 0) is 17.8 Å². The van der Waals surface area contributed by atoms with Gasteiger partial charge < -0.3 is 14.6 Å². The van der Waals surface area contributed by atoms with Crippen LogP contribution in [0.25, 0.3) is 11.0 Å². The van der Waals surface area contributed by atoms with Crippen LogP contribution in [0.15, 0.2) is 42.5 Å². The topological polar surface area (TPSA) is 56.1 Å². The highest BCUT2D eigenvalue weighted by Gasteiger charge is 2.10. The SMILES string of the molecule is Cc1ccc(OCCCCn2c(CCCNC=O)nc3ccccc32)cc1C. The van der Waals surface area contributed by atoms with Crippen LogP contribution in [0.4, 0.5) is 0 Å². The highest BCUT2D eigenvalue weighted by Crippen LogP contribution is 2.19. The minimum atomic E-state index is 0.677. The van der Waals surface area contributed by atoms with Gasteiger partial charge in [0.25, 0.3) is 0 Å². The lowest BCUT2D eigenvalue weighted by Gasteiger charge is -2.11. The Kier molecular flexibility index (Phi) is 7.06. The number of nitrogens with zero attached hydrogens (tertiary/aromatic N) is 2. The van der Waals surface area contributed by atoms with E-state index in [-0.39, 0.29) is 0 Å². The summed E-state index contributed by atoms with van der Waals surface area (Å²) in [5.41, 5.74) is 4.76. The van der Waals surface area contributed by atoms with Crippen LogP contribution in [-0.4, -0.2) is 29.1 Å². The number of para-hydroxylation sites is 2. The lowest BCUT2D eigenvalue weighted by atomic mass is 10.1. The predicted molar refractivity (Wildman–Crippen MR) is 113 cm³/mol. The molecule has 3 rings (SSSR count). The monoisotopic (exact) mass is 379 g/mol. The van der Waals surface area contributed by atoms with Gasteiger partial charge in [-0.2, -0.15) is 0 Å². The molecule has 0 saturated carbocycles. The third-order valence-electron chi connectivity index (χ3n) is 5.06. The fraction of sp³-hybridized carbons (Fsp3) is 0.391. The number of nitrogens with one attached hydrogen (secondary N) is 1. The second-order valence-electron chi connectivity index (χ2n) is 7.15. The number of carbonyl (C=O) groups excluding carboxylic acids is 1. The van der Waals surface area contributed by atoms with Gasteiger partial charge in [-0.25, -0.2) is 4.98 Å². The van der Waals surface area contributed by atoms with Gasteiger partial charge in [0.05, 0.1) is 17.6 Å². The Morgan fingerprint density at radius 2 is 1.93 bits per heavy atom. The van der Waals surface area contributed by atoms with E-state index < -0.39 is 0 Å². The molecule has 0 fully saturated rings. The van der Waals surface area contributed by atoms with Crippen molar-refractivity contribution in [3.8, 4) is 5.75 Å². The second kappa shape index (κ2) is 9.93. The maximum absolute atomic E-state index is 10.4. The maximum atomic E-state index is 10.4. The van der Waals surface area contributed by atoms with E-state index in [9.17, 15) is 4.79 Å². The maximum Gasteiger partial charge on any atom is 0.207 e. The van der Waals surface area contributed by atoms with Gasteiger partial charge in [0.15, 0.2) is 0 Å². The Bertz CT molecular complexity index is 917. The zero-order chi connectivity index (χ0) is 19.8. The lowest BCUT2D eigenvalue weighted by Crippen LogP contribution is -2.14. The van der Waals surface area contributed by atoms with Gasteiger partial charge in [-0.15, -0.1) is 0 Å². The summed E-state index contributed by atoms with van der Waals surface area (Å²) in [6.07, 6.45) is 4.52. The number of fused-ring (bicyclic) bond motifs is 1. The first-order valence-electron chi connectivity index (χ1n) is 10.0. The number of aryl methyl sites for hydroxylation is 4. The quantitative estimate of drug-likeness (QED) is 0.401. The zero-order valence-corrected chi connectivity index (χ0v) is 16.8. The molecule has 0 saturated heterocycles. The smallest absolute Gasteiger partial charge is 0.207 e. The predicted octanol–water partition coefficient (Wildman–Crippen LogP) is 4.19. The average Bonchev–Trinajstić information content (AvgIpc) is 3.05. The molecular formula is C23H29N3O2. The molecule has 0 radical (unpaired) electrons. The number of hydrogen-bond acceptors (Lipinski definition) is 3. The van der Waals surface area contributed by atoms with E-state index in [1.54, 1.807) is 0 Å². The molecule has 2 aromatic carbocycles. The van der Waals surface area contributed by atoms with Crippen LogP contribution in [0.3, 0.4) is 0 Å². The van der Waals surface area contributed by atoms with E-state index in [0.29, 0.717) is 13.2 Å². The zero-order valence-electron chi connectivity index (χ0n) is 16.8. The fourth-order valence-electron chi connectivity index (χ4n) is 3.34. The molecule has 1 amide bonds. The molecule has 1 aromatic heterocycles. The van der Waals surface area contributed by atoms with Gasteiger partial charge in [-0.1, -0.05) is 18.2 Å². The summed E-state index contributed by atoms with van der Waals surface area (Å²) in [4.78, 5) is 15.2. The van der Waals surface area contributed by atoms with Gasteiger partial charge in [-0.3, -0.25) is 4.79 Å². The summed E-state index contributed by atoms with van der Waals surface area (Å²) in [5, 5.41) is 2.72. The Hall–Kier alpha value is -2.82. The van der Waals surface area contributed by atoms with Crippen molar-refractivity contribution < 1.29 is 9.53 Å². The second-order valence-corrected chi connectivity index (χ2v) is 7.15. The molecule has 3 aromatic rings. The molecule has 148 valence electrons. The van der Waals surface area contributed by atoms with E-state index in [2.05, 4.69) is 54.1 Å². The normalized spacial score (nSPS) is 10.9. The van der Waals surface area contributed by atoms with E-state index >= 15 is 0 Å². The first-order chi connectivity index (χ1) is 13.7. The number of aromatic nitrogens is 2. The van der Waals surface area contributed by atoms with E-state index in [4.69, 9.17) is 9.72 Å². The Morgan fingerprint density at radius 1 is 1.07 bits per heavy atom. The minimum Gasteiger partial charge on any atom is -0.494 e. The number of carbonyl (C=O) groups is 1. The lowest BCUT2D eigenvalue weighted by molar-refractivity contribution is -0.109. The van der Waals surface area contributed by atoms with Crippen molar-refractivity contribution in [2.75, 3.05) is 13.2 Å². The van der Waals surface area contributed by atoms with Crippen LogP contribution >= 0.6 is 0 Å². The largest absolute Gasteiger partial charge is 0.494 e. The standard InChI is InChI=1S/C23H29N3O2/c1-18-11-12-20(16-19(18)2)28-15-6-5-14-26-22-9-4-3-8-21(22)25-23(26)10-7-13-24-17-27/h3-4,8-9,11-12,16-17H,5-7,10,13-15H2,1-2H3,(H,24,27). The van der Waals surface area contributed by atoms with Gasteiger partial charge in [0.1, 0.15) is 11.6 Å². The number of hydrogen-bond donors (Lipinski definition) is 1. The molecule has 28 heavy (non-hydrogen) atoms. The number of amides is 1. The molecular weight excluding hydrogens is 350 g/mol. The van der Waals surface area contributed by atoms with Crippen LogP contribution in [0.2, 0.25) is 0 Å². The highest BCUT2D eigenvalue weighted by atomic mass is 16.5. The van der Waals surface area contributed by atoms with E-state index in [1.807, 2.05) is 12.1 Å². The third kappa shape index (κ3) is 5.12. The first-order valence-corrected chi connectivity index (χ1v) is 10.0. The first kappa shape index (κ1) is 19.9. The Morgan fingerprint density at radius 3 is 2.75 bits per heavy atom. The number of ether oxygens (including phenoxy) is 1. The van der Waals surface area contributed by atoms with Gasteiger partial charge in [0, 0.05) is 19.5 Å². The van der Waals surface area contributed by atoms with Crippen molar-refractivity contribution in [1.82, 2.24) is 14.9 Å². The summed E-state index contributed by atoms with van der Waals surface area (Å²) >= 11 is 0. The molecule has 0 unspecified atom stereocenters. The summed E-state index contributed by atoms with van der Waals surface area (Å²) in [6.45, 7) is 6.54. The van der Waals surface area contributed by atoms with Crippen LogP contribution < -0.4 is 10.1 Å². The average molecular weight is 380 g/mol. The van der Waals surface area contributed by atoms with Crippen LogP contribution in [0.5, 0.6) is 5.75 Å². The van der Waals surface area contributed by atoms with Gasteiger partial charge >= 0.3 is 0 Å². The van der Waals surface area contributed by atoms with Crippen molar-refractivity contribution in [3.05, 3.63) is 59.4 Å². The molecule has 0 spiro atoms. The molecule has 0 atom stereocenters. The van der Waals surface area contributed by atoms with Crippen LogP contribution in [0, 0.1) is 13.8 Å². The molecule has 1 N–H and O–H groups in total. The number of unbranched alkanes of at least 4 members (excludes halogenated alkanes) is 1. The van der Waals surface area contributed by atoms with Crippen molar-refractivity contribution in [1.29, 1.82) is 0 Å². The summed E-state index contributed by atoms with van der Waals surface area (Å²) in [6, 6.07) is 14.5. The minimum absolute atomic E-state index is 0.677. The molecule has 0 aliphatic rings. The summed E-state index contributed by atoms with van der Waals surface area (Å²) in [7, 11) is 0. The molecule has 0 bridgehead atoms. The third-order valence-corrected chi connectivity index (χ3v) is 5.06. The van der Waals surface area contributed by atoms with Crippen molar-refractivity contribution >= 4 is 17.4 Å². The summed E-state index contributed by atoms with van der Waals surface area (Å²) < 4.78 is 8.22. The molecule has 0 aliphatic carbocycles. The van der Waals surface area contributed by atoms with E-state index in [0.717, 1.165) is 55.7 Å². The fourth-order valence-corrected chi connectivity index (χ4v) is 3.34. The molecule has 5 nitrogen and oxygen atoms in total. The van der Waals surface area contributed by atoms with Crippen molar-refractivity contribution in [3.63, 3.8) is 0 Å². The summed E-state index contributed by atoms with van der Waals surface area (Å²) in [5.74, 6) is 2.03. The van der Waals surface area contributed by atoms with Crippen LogP contribution in [0.1, 0.15) is 36.2 Å². The molecule has 0 aliphatic heterocycles. The Labute approximate surface area is 166 Å².